The standard InChI is InChI=1S/C18H20ClNO2S/c1-2-14-6-3-4-9-17(14)20-18(21)13-23-11-10-22-16-8-5-7-15(19)12-16/h3-9,12H,2,10-11,13H2,1H3,(H,20,21). The number of carbonyl (C=O) groups is 1. The third-order valence-corrected chi connectivity index (χ3v) is 4.35. The molecule has 0 aliphatic heterocycles. The molecule has 0 saturated carbocycles. The molecule has 1 amide bonds. The van der Waals surface area contributed by atoms with Gasteiger partial charge in [-0.3, -0.25) is 4.79 Å². The van der Waals surface area contributed by atoms with Gasteiger partial charge in [0.25, 0.3) is 0 Å². The van der Waals surface area contributed by atoms with E-state index < -0.39 is 0 Å². The van der Waals surface area contributed by atoms with Crippen LogP contribution in [0.5, 0.6) is 5.75 Å². The molecule has 0 fully saturated rings. The highest BCUT2D eigenvalue weighted by Gasteiger charge is 2.05. The molecule has 0 aromatic heterocycles. The van der Waals surface area contributed by atoms with E-state index in [-0.39, 0.29) is 5.91 Å². The largest absolute Gasteiger partial charge is 0.493 e. The average Bonchev–Trinajstić information content (AvgIpc) is 2.55. The molecule has 2 rings (SSSR count). The summed E-state index contributed by atoms with van der Waals surface area (Å²) in [5.74, 6) is 1.92. The summed E-state index contributed by atoms with van der Waals surface area (Å²) in [7, 11) is 0. The predicted octanol–water partition coefficient (Wildman–Crippen LogP) is 4.65. The Balaban J connectivity index is 1.67. The molecule has 0 saturated heterocycles. The number of nitrogens with one attached hydrogen (secondary N) is 1. The van der Waals surface area contributed by atoms with Crippen molar-refractivity contribution in [1.82, 2.24) is 0 Å². The van der Waals surface area contributed by atoms with E-state index in [1.165, 1.54) is 0 Å². The Morgan fingerprint density at radius 1 is 1.22 bits per heavy atom. The van der Waals surface area contributed by atoms with Crippen LogP contribution >= 0.6 is 23.4 Å². The minimum absolute atomic E-state index is 0.0126. The van der Waals surface area contributed by atoms with Crippen LogP contribution in [0.15, 0.2) is 48.5 Å². The predicted molar refractivity (Wildman–Crippen MR) is 98.7 cm³/mol. The van der Waals surface area contributed by atoms with E-state index in [4.69, 9.17) is 16.3 Å². The van der Waals surface area contributed by atoms with Crippen molar-refractivity contribution < 1.29 is 9.53 Å². The summed E-state index contributed by atoms with van der Waals surface area (Å²) in [6.07, 6.45) is 0.900. The van der Waals surface area contributed by atoms with Crippen LogP contribution in [-0.4, -0.2) is 24.0 Å². The highest BCUT2D eigenvalue weighted by Crippen LogP contribution is 2.18. The van der Waals surface area contributed by atoms with Gasteiger partial charge in [0.15, 0.2) is 0 Å². The van der Waals surface area contributed by atoms with Gasteiger partial charge in [-0.15, -0.1) is 11.8 Å². The number of hydrogen-bond donors (Lipinski definition) is 1. The van der Waals surface area contributed by atoms with Crippen LogP contribution in [0, 0.1) is 0 Å². The minimum Gasteiger partial charge on any atom is -0.493 e. The number of carbonyl (C=O) groups excluding carboxylic acids is 1. The summed E-state index contributed by atoms with van der Waals surface area (Å²) >= 11 is 7.44. The van der Waals surface area contributed by atoms with E-state index >= 15 is 0 Å². The van der Waals surface area contributed by atoms with Gasteiger partial charge in [-0.05, 0) is 36.2 Å². The van der Waals surface area contributed by atoms with Crippen molar-refractivity contribution in [2.24, 2.45) is 0 Å². The van der Waals surface area contributed by atoms with E-state index in [1.807, 2.05) is 42.5 Å². The molecular weight excluding hydrogens is 330 g/mol. The molecule has 122 valence electrons. The number of aryl methyl sites for hydroxylation is 1. The van der Waals surface area contributed by atoms with Gasteiger partial charge >= 0.3 is 0 Å². The lowest BCUT2D eigenvalue weighted by atomic mass is 10.1. The van der Waals surface area contributed by atoms with Crippen LogP contribution in [0.3, 0.4) is 0 Å². The number of benzene rings is 2. The molecule has 0 aliphatic rings. The molecule has 0 atom stereocenters. The summed E-state index contributed by atoms with van der Waals surface area (Å²) in [6.45, 7) is 2.62. The van der Waals surface area contributed by atoms with Crippen molar-refractivity contribution in [3.8, 4) is 5.75 Å². The molecular formula is C18H20ClNO2S. The first-order valence-electron chi connectivity index (χ1n) is 7.53. The molecule has 0 spiro atoms. The lowest BCUT2D eigenvalue weighted by molar-refractivity contribution is -0.113. The van der Waals surface area contributed by atoms with Gasteiger partial charge in [-0.2, -0.15) is 0 Å². The third-order valence-electron chi connectivity index (χ3n) is 3.20. The highest BCUT2D eigenvalue weighted by atomic mass is 35.5. The summed E-state index contributed by atoms with van der Waals surface area (Å²) in [4.78, 5) is 12.0. The van der Waals surface area contributed by atoms with E-state index in [2.05, 4.69) is 12.2 Å². The Hall–Kier alpha value is -1.65. The Bertz CT molecular complexity index is 648. The summed E-state index contributed by atoms with van der Waals surface area (Å²) in [5.41, 5.74) is 2.05. The quantitative estimate of drug-likeness (QED) is 0.705. The van der Waals surface area contributed by atoms with Crippen LogP contribution in [0.4, 0.5) is 5.69 Å². The van der Waals surface area contributed by atoms with Crippen molar-refractivity contribution in [2.75, 3.05) is 23.4 Å². The second-order valence-electron chi connectivity index (χ2n) is 4.92. The molecule has 0 bridgehead atoms. The highest BCUT2D eigenvalue weighted by molar-refractivity contribution is 7.99. The van der Waals surface area contributed by atoms with Crippen LogP contribution in [-0.2, 0) is 11.2 Å². The van der Waals surface area contributed by atoms with E-state index in [9.17, 15) is 4.79 Å². The maximum atomic E-state index is 12.0. The minimum atomic E-state index is 0.0126. The molecule has 5 heteroatoms. The zero-order chi connectivity index (χ0) is 16.5. The van der Waals surface area contributed by atoms with E-state index in [1.54, 1.807) is 17.8 Å². The fourth-order valence-electron chi connectivity index (χ4n) is 2.08. The van der Waals surface area contributed by atoms with E-state index in [0.29, 0.717) is 17.4 Å². The fraction of sp³-hybridized carbons (Fsp3) is 0.278. The summed E-state index contributed by atoms with van der Waals surface area (Å²) in [6, 6.07) is 15.2. The molecule has 0 aliphatic carbocycles. The monoisotopic (exact) mass is 349 g/mol. The van der Waals surface area contributed by atoms with Gasteiger partial charge in [0.2, 0.25) is 5.91 Å². The Labute approximate surface area is 146 Å². The van der Waals surface area contributed by atoms with Crippen LogP contribution in [0.1, 0.15) is 12.5 Å². The fourth-order valence-corrected chi connectivity index (χ4v) is 2.86. The topological polar surface area (TPSA) is 38.3 Å². The second-order valence-corrected chi connectivity index (χ2v) is 6.46. The zero-order valence-electron chi connectivity index (χ0n) is 13.0. The molecule has 0 unspecified atom stereocenters. The number of ether oxygens (including phenoxy) is 1. The maximum absolute atomic E-state index is 12.0. The molecule has 1 N–H and O–H groups in total. The zero-order valence-corrected chi connectivity index (χ0v) is 14.6. The molecule has 2 aromatic carbocycles. The van der Waals surface area contributed by atoms with Gasteiger partial charge in [0.1, 0.15) is 5.75 Å². The Morgan fingerprint density at radius 3 is 2.83 bits per heavy atom. The number of hydrogen-bond acceptors (Lipinski definition) is 3. The SMILES string of the molecule is CCc1ccccc1NC(=O)CSCCOc1cccc(Cl)c1. The first-order chi connectivity index (χ1) is 11.2. The average molecular weight is 350 g/mol. The van der Waals surface area contributed by atoms with Crippen molar-refractivity contribution in [3.63, 3.8) is 0 Å². The Kier molecular flexibility index (Phi) is 7.30. The third kappa shape index (κ3) is 6.16. The van der Waals surface area contributed by atoms with Crippen molar-refractivity contribution >= 4 is 35.0 Å². The summed E-state index contributed by atoms with van der Waals surface area (Å²) in [5, 5.41) is 3.62. The molecule has 23 heavy (non-hydrogen) atoms. The molecule has 2 aromatic rings. The maximum Gasteiger partial charge on any atom is 0.234 e. The second kappa shape index (κ2) is 9.48. The van der Waals surface area contributed by atoms with Crippen molar-refractivity contribution in [3.05, 3.63) is 59.1 Å². The van der Waals surface area contributed by atoms with Gasteiger partial charge in [0, 0.05) is 16.5 Å². The van der Waals surface area contributed by atoms with Gasteiger partial charge in [-0.1, -0.05) is 42.8 Å². The van der Waals surface area contributed by atoms with E-state index in [0.717, 1.165) is 29.2 Å². The van der Waals surface area contributed by atoms with Gasteiger partial charge in [0.05, 0.1) is 12.4 Å². The number of para-hydroxylation sites is 1. The summed E-state index contributed by atoms with van der Waals surface area (Å²) < 4.78 is 5.59. The van der Waals surface area contributed by atoms with Crippen LogP contribution < -0.4 is 10.1 Å². The van der Waals surface area contributed by atoms with Crippen LogP contribution in [0.2, 0.25) is 5.02 Å². The number of rotatable bonds is 8. The smallest absolute Gasteiger partial charge is 0.234 e. The van der Waals surface area contributed by atoms with Crippen molar-refractivity contribution in [2.45, 2.75) is 13.3 Å². The van der Waals surface area contributed by atoms with Crippen LogP contribution in [0.25, 0.3) is 0 Å². The number of anilines is 1. The first kappa shape index (κ1) is 17.7. The number of halogens is 1. The molecule has 0 radical (unpaired) electrons. The lowest BCUT2D eigenvalue weighted by Gasteiger charge is -2.10. The van der Waals surface area contributed by atoms with Gasteiger partial charge < -0.3 is 10.1 Å². The van der Waals surface area contributed by atoms with Gasteiger partial charge in [-0.25, -0.2) is 0 Å². The van der Waals surface area contributed by atoms with Crippen molar-refractivity contribution in [1.29, 1.82) is 0 Å². The number of thioether (sulfide) groups is 1. The normalized spacial score (nSPS) is 10.3. The Morgan fingerprint density at radius 2 is 2.04 bits per heavy atom. The first-order valence-corrected chi connectivity index (χ1v) is 9.06. The molecule has 3 nitrogen and oxygen atoms in total. The number of amides is 1. The lowest BCUT2D eigenvalue weighted by Crippen LogP contribution is -2.16. The molecule has 0 heterocycles.